The Balaban J connectivity index is 2.01. The van der Waals surface area contributed by atoms with Crippen LogP contribution in [0.25, 0.3) is 5.65 Å². The summed E-state index contributed by atoms with van der Waals surface area (Å²) in [5.74, 6) is 0.854. The van der Waals surface area contributed by atoms with Gasteiger partial charge in [-0.1, -0.05) is 18.0 Å². The van der Waals surface area contributed by atoms with Crippen molar-refractivity contribution in [2.24, 2.45) is 0 Å². The van der Waals surface area contributed by atoms with E-state index < -0.39 is 0 Å². The molecule has 2 aromatic rings. The predicted molar refractivity (Wildman–Crippen MR) is 62.6 cm³/mol. The largest absolute Gasteiger partial charge is 0.307 e. The van der Waals surface area contributed by atoms with Gasteiger partial charge in [0, 0.05) is 6.20 Å². The third-order valence-electron chi connectivity index (χ3n) is 2.95. The lowest BCUT2D eigenvalue weighted by molar-refractivity contribution is 0.397. The molecule has 3 rings (SSSR count). The van der Waals surface area contributed by atoms with Gasteiger partial charge in [-0.25, -0.2) is 9.50 Å². The van der Waals surface area contributed by atoms with Gasteiger partial charge in [-0.2, -0.15) is 0 Å². The molecule has 1 unspecified atom stereocenters. The molecule has 4 nitrogen and oxygen atoms in total. The first kappa shape index (κ1) is 10.1. The van der Waals surface area contributed by atoms with Crippen LogP contribution < -0.4 is 5.32 Å². The van der Waals surface area contributed by atoms with Crippen LogP contribution in [-0.4, -0.2) is 21.1 Å². The van der Waals surface area contributed by atoms with Crippen molar-refractivity contribution in [2.45, 2.75) is 25.3 Å². The van der Waals surface area contributed by atoms with Gasteiger partial charge in [-0.3, -0.25) is 0 Å². The quantitative estimate of drug-likeness (QED) is 0.826. The summed E-state index contributed by atoms with van der Waals surface area (Å²) in [5.41, 5.74) is 0.742. The van der Waals surface area contributed by atoms with Crippen molar-refractivity contribution in [2.75, 3.05) is 6.54 Å². The molecule has 0 aliphatic carbocycles. The van der Waals surface area contributed by atoms with Crippen molar-refractivity contribution in [1.29, 1.82) is 0 Å². The molecule has 2 aromatic heterocycles. The first-order valence-electron chi connectivity index (χ1n) is 5.59. The molecule has 3 heterocycles. The van der Waals surface area contributed by atoms with Crippen LogP contribution in [0.5, 0.6) is 0 Å². The monoisotopic (exact) mass is 236 g/mol. The highest BCUT2D eigenvalue weighted by Crippen LogP contribution is 2.22. The molecule has 16 heavy (non-hydrogen) atoms. The molecule has 0 amide bonds. The molecule has 5 heteroatoms. The highest BCUT2D eigenvalue weighted by Gasteiger charge is 2.19. The average Bonchev–Trinajstić information content (AvgIpc) is 2.76. The zero-order chi connectivity index (χ0) is 11.0. The average molecular weight is 237 g/mol. The molecule has 0 saturated carbocycles. The fourth-order valence-corrected chi connectivity index (χ4v) is 2.31. The number of hydrogen-bond donors (Lipinski definition) is 1. The van der Waals surface area contributed by atoms with E-state index in [9.17, 15) is 0 Å². The van der Waals surface area contributed by atoms with Gasteiger partial charge in [-0.15, -0.1) is 5.10 Å². The Hall–Kier alpha value is -1.13. The van der Waals surface area contributed by atoms with Gasteiger partial charge in [-0.05, 0) is 31.5 Å². The van der Waals surface area contributed by atoms with Gasteiger partial charge in [0.2, 0.25) is 0 Å². The minimum atomic E-state index is 0.282. The highest BCUT2D eigenvalue weighted by molar-refractivity contribution is 6.33. The van der Waals surface area contributed by atoms with Gasteiger partial charge < -0.3 is 5.32 Å². The van der Waals surface area contributed by atoms with Crippen LogP contribution in [0.15, 0.2) is 18.3 Å². The van der Waals surface area contributed by atoms with Crippen molar-refractivity contribution >= 4 is 17.2 Å². The zero-order valence-electron chi connectivity index (χ0n) is 8.86. The molecule has 1 N–H and O–H groups in total. The van der Waals surface area contributed by atoms with Gasteiger partial charge in [0.25, 0.3) is 0 Å². The van der Waals surface area contributed by atoms with Gasteiger partial charge in [0.1, 0.15) is 0 Å². The summed E-state index contributed by atoms with van der Waals surface area (Å²) in [6, 6.07) is 4.00. The summed E-state index contributed by atoms with van der Waals surface area (Å²) in [6.45, 7) is 1.05. The van der Waals surface area contributed by atoms with Gasteiger partial charge in [0.05, 0.1) is 11.1 Å². The van der Waals surface area contributed by atoms with Crippen molar-refractivity contribution < 1.29 is 0 Å². The number of halogens is 1. The summed E-state index contributed by atoms with van der Waals surface area (Å²) in [6.07, 6.45) is 5.46. The topological polar surface area (TPSA) is 42.2 Å². The maximum absolute atomic E-state index is 6.07. The molecule has 0 aromatic carbocycles. The molecule has 0 radical (unpaired) electrons. The van der Waals surface area contributed by atoms with Crippen LogP contribution >= 0.6 is 11.6 Å². The molecule has 1 saturated heterocycles. The number of hydrogen-bond acceptors (Lipinski definition) is 3. The van der Waals surface area contributed by atoms with Gasteiger partial charge >= 0.3 is 0 Å². The Morgan fingerprint density at radius 3 is 3.12 bits per heavy atom. The number of pyridine rings is 1. The summed E-state index contributed by atoms with van der Waals surface area (Å²) in [4.78, 5) is 4.49. The first-order chi connectivity index (χ1) is 7.84. The summed E-state index contributed by atoms with van der Waals surface area (Å²) >= 11 is 6.07. The lowest BCUT2D eigenvalue weighted by Crippen LogP contribution is -2.27. The second-order valence-electron chi connectivity index (χ2n) is 4.10. The maximum Gasteiger partial charge on any atom is 0.174 e. The number of aromatic nitrogens is 3. The van der Waals surface area contributed by atoms with E-state index in [1.807, 2.05) is 18.3 Å². The fraction of sp³-hybridized carbons (Fsp3) is 0.455. The summed E-state index contributed by atoms with van der Waals surface area (Å²) < 4.78 is 1.74. The highest BCUT2D eigenvalue weighted by atomic mass is 35.5. The Kier molecular flexibility index (Phi) is 2.53. The Labute approximate surface area is 98.6 Å². The normalized spacial score (nSPS) is 21.4. The summed E-state index contributed by atoms with van der Waals surface area (Å²) in [7, 11) is 0. The lowest BCUT2D eigenvalue weighted by atomic mass is 10.0. The molecule has 1 aliphatic rings. The Morgan fingerprint density at radius 1 is 1.44 bits per heavy atom. The standard InChI is InChI=1S/C11H13ClN4/c12-8-4-3-7-16-11(8)14-10(15-16)9-5-1-2-6-13-9/h3-4,7,9,13H,1-2,5-6H2. The molecule has 84 valence electrons. The van der Waals surface area contributed by atoms with Crippen LogP contribution in [-0.2, 0) is 0 Å². The zero-order valence-corrected chi connectivity index (χ0v) is 9.61. The van der Waals surface area contributed by atoms with E-state index in [4.69, 9.17) is 11.6 Å². The van der Waals surface area contributed by atoms with E-state index in [1.54, 1.807) is 4.52 Å². The van der Waals surface area contributed by atoms with Crippen LogP contribution in [0.2, 0.25) is 5.02 Å². The minimum Gasteiger partial charge on any atom is -0.307 e. The van der Waals surface area contributed by atoms with Crippen LogP contribution in [0.3, 0.4) is 0 Å². The van der Waals surface area contributed by atoms with Crippen molar-refractivity contribution in [3.63, 3.8) is 0 Å². The molecular formula is C11H13ClN4. The molecule has 1 fully saturated rings. The number of nitrogens with zero attached hydrogens (tertiary/aromatic N) is 3. The number of rotatable bonds is 1. The van der Waals surface area contributed by atoms with Crippen molar-refractivity contribution in [3.05, 3.63) is 29.2 Å². The number of nitrogens with one attached hydrogen (secondary N) is 1. The third-order valence-corrected chi connectivity index (χ3v) is 3.25. The first-order valence-corrected chi connectivity index (χ1v) is 5.96. The van der Waals surface area contributed by atoms with Crippen LogP contribution in [0, 0.1) is 0 Å². The van der Waals surface area contributed by atoms with Crippen molar-refractivity contribution in [1.82, 2.24) is 19.9 Å². The number of fused-ring (bicyclic) bond motifs is 1. The molecule has 1 aliphatic heterocycles. The second kappa shape index (κ2) is 4.03. The second-order valence-corrected chi connectivity index (χ2v) is 4.50. The molecule has 0 bridgehead atoms. The lowest BCUT2D eigenvalue weighted by Gasteiger charge is -2.20. The van der Waals surface area contributed by atoms with E-state index >= 15 is 0 Å². The Bertz CT molecular complexity index is 502. The van der Waals surface area contributed by atoms with E-state index in [0.29, 0.717) is 5.02 Å². The van der Waals surface area contributed by atoms with E-state index in [1.165, 1.54) is 12.8 Å². The molecule has 1 atom stereocenters. The van der Waals surface area contributed by atoms with Crippen LogP contribution in [0.4, 0.5) is 0 Å². The molecule has 0 spiro atoms. The fourth-order valence-electron chi connectivity index (χ4n) is 2.11. The minimum absolute atomic E-state index is 0.282. The van der Waals surface area contributed by atoms with E-state index in [2.05, 4.69) is 15.4 Å². The molecular weight excluding hydrogens is 224 g/mol. The van der Waals surface area contributed by atoms with E-state index in [-0.39, 0.29) is 6.04 Å². The number of piperidine rings is 1. The van der Waals surface area contributed by atoms with E-state index in [0.717, 1.165) is 24.4 Å². The maximum atomic E-state index is 6.07. The van der Waals surface area contributed by atoms with Crippen molar-refractivity contribution in [3.8, 4) is 0 Å². The summed E-state index contributed by atoms with van der Waals surface area (Å²) in [5, 5.41) is 8.54. The Morgan fingerprint density at radius 2 is 2.38 bits per heavy atom. The van der Waals surface area contributed by atoms with Crippen LogP contribution in [0.1, 0.15) is 31.1 Å². The third kappa shape index (κ3) is 1.68. The van der Waals surface area contributed by atoms with Gasteiger partial charge in [0.15, 0.2) is 11.5 Å². The smallest absolute Gasteiger partial charge is 0.174 e. The SMILES string of the molecule is Clc1cccn2nc(C3CCCCN3)nc12. The predicted octanol–water partition coefficient (Wildman–Crippen LogP) is 2.20.